The molecule has 3 aromatic rings. The average molecular weight is 360 g/mol. The molecule has 1 aromatic carbocycles. The van der Waals surface area contributed by atoms with Crippen LogP contribution in [0.4, 0.5) is 5.69 Å². The Morgan fingerprint density at radius 3 is 2.76 bits per heavy atom. The zero-order chi connectivity index (χ0) is 17.8. The third-order valence-electron chi connectivity index (χ3n) is 3.44. The maximum Gasteiger partial charge on any atom is 0.354 e. The number of nitrogens with zero attached hydrogens (tertiary/aromatic N) is 4. The maximum atomic E-state index is 12.1. The molecule has 0 atom stereocenters. The molecular weight excluding hydrogens is 346 g/mol. The molecule has 0 unspecified atom stereocenters. The number of hydrogen-bond acceptors (Lipinski definition) is 4. The van der Waals surface area contributed by atoms with E-state index in [9.17, 15) is 9.59 Å². The molecule has 0 fully saturated rings. The van der Waals surface area contributed by atoms with Gasteiger partial charge in [0.1, 0.15) is 12.2 Å². The summed E-state index contributed by atoms with van der Waals surface area (Å²) in [6.07, 6.45) is 4.51. The fourth-order valence-corrected chi connectivity index (χ4v) is 2.49. The number of anilines is 1. The lowest BCUT2D eigenvalue weighted by Gasteiger charge is -2.05. The van der Waals surface area contributed by atoms with Gasteiger partial charge in [-0.2, -0.15) is 10.2 Å². The van der Waals surface area contributed by atoms with E-state index in [-0.39, 0.29) is 12.2 Å². The molecular formula is C16H14ClN5O3. The van der Waals surface area contributed by atoms with Gasteiger partial charge >= 0.3 is 5.97 Å². The van der Waals surface area contributed by atoms with Crippen molar-refractivity contribution < 1.29 is 14.7 Å². The zero-order valence-electron chi connectivity index (χ0n) is 13.0. The number of nitrogens with one attached hydrogen (secondary N) is 1. The quantitative estimate of drug-likeness (QED) is 0.701. The largest absolute Gasteiger partial charge is 0.477 e. The number of carboxylic acids is 1. The first-order chi connectivity index (χ1) is 12.0. The Bertz CT molecular complexity index is 918. The minimum atomic E-state index is -1.14. The second kappa shape index (κ2) is 7.18. The van der Waals surface area contributed by atoms with Crippen molar-refractivity contribution in [2.75, 3.05) is 5.32 Å². The Hall–Kier alpha value is -3.13. The number of halogens is 1. The Morgan fingerprint density at radius 2 is 2.00 bits per heavy atom. The number of aromatic nitrogens is 4. The molecule has 8 nitrogen and oxygen atoms in total. The van der Waals surface area contributed by atoms with Crippen molar-refractivity contribution in [3.05, 3.63) is 65.2 Å². The normalized spacial score (nSPS) is 10.6. The molecule has 0 radical (unpaired) electrons. The van der Waals surface area contributed by atoms with Crippen molar-refractivity contribution in [1.29, 1.82) is 0 Å². The number of aromatic carboxylic acids is 1. The van der Waals surface area contributed by atoms with E-state index >= 15 is 0 Å². The van der Waals surface area contributed by atoms with E-state index in [1.54, 1.807) is 16.9 Å². The topological polar surface area (TPSA) is 102 Å². The summed E-state index contributed by atoms with van der Waals surface area (Å²) in [6, 6.07) is 8.76. The van der Waals surface area contributed by atoms with Crippen LogP contribution in [-0.2, 0) is 17.9 Å². The van der Waals surface area contributed by atoms with E-state index in [0.717, 1.165) is 10.2 Å². The van der Waals surface area contributed by atoms with E-state index < -0.39 is 11.9 Å². The third-order valence-corrected chi connectivity index (χ3v) is 3.80. The van der Waals surface area contributed by atoms with Crippen molar-refractivity contribution in [2.45, 2.75) is 13.1 Å². The molecule has 2 aromatic heterocycles. The van der Waals surface area contributed by atoms with Crippen molar-refractivity contribution in [2.24, 2.45) is 0 Å². The Kier molecular flexibility index (Phi) is 4.80. The highest BCUT2D eigenvalue weighted by molar-refractivity contribution is 6.31. The van der Waals surface area contributed by atoms with E-state index in [4.69, 9.17) is 16.7 Å². The van der Waals surface area contributed by atoms with Crippen LogP contribution in [0.1, 0.15) is 16.1 Å². The van der Waals surface area contributed by atoms with E-state index in [1.807, 2.05) is 18.2 Å². The fourth-order valence-electron chi connectivity index (χ4n) is 2.29. The fraction of sp³-hybridized carbons (Fsp3) is 0.125. The molecule has 0 aliphatic heterocycles. The number of carbonyl (C=O) groups is 2. The third kappa shape index (κ3) is 4.04. The van der Waals surface area contributed by atoms with Crippen molar-refractivity contribution in [3.63, 3.8) is 0 Å². The van der Waals surface area contributed by atoms with Crippen LogP contribution >= 0.6 is 11.6 Å². The van der Waals surface area contributed by atoms with Gasteiger partial charge < -0.3 is 10.4 Å². The number of carbonyl (C=O) groups excluding carboxylic acids is 1. The van der Waals surface area contributed by atoms with Gasteiger partial charge in [-0.25, -0.2) is 9.48 Å². The van der Waals surface area contributed by atoms with Gasteiger partial charge in [0.05, 0.1) is 18.4 Å². The summed E-state index contributed by atoms with van der Waals surface area (Å²) in [4.78, 5) is 23.1. The molecule has 0 spiro atoms. The standard InChI is InChI=1S/C16H14ClN5O3/c17-13-4-2-1-3-11(13)8-21-9-12(7-19-21)20-15(23)10-22-14(16(24)25)5-6-18-22/h1-7,9H,8,10H2,(H,20,23)(H,24,25). The lowest BCUT2D eigenvalue weighted by atomic mass is 10.2. The van der Waals surface area contributed by atoms with Gasteiger partial charge in [0.2, 0.25) is 5.91 Å². The second-order valence-electron chi connectivity index (χ2n) is 5.25. The van der Waals surface area contributed by atoms with Crippen molar-refractivity contribution >= 4 is 29.2 Å². The van der Waals surface area contributed by atoms with Gasteiger partial charge in [-0.15, -0.1) is 0 Å². The summed E-state index contributed by atoms with van der Waals surface area (Å²) in [5.74, 6) is -1.54. The molecule has 0 aliphatic carbocycles. The van der Waals surface area contributed by atoms with Crippen molar-refractivity contribution in [3.8, 4) is 0 Å². The highest BCUT2D eigenvalue weighted by Gasteiger charge is 2.13. The molecule has 25 heavy (non-hydrogen) atoms. The van der Waals surface area contributed by atoms with E-state index in [2.05, 4.69) is 15.5 Å². The van der Waals surface area contributed by atoms with Gasteiger partial charge in [0.15, 0.2) is 0 Å². The molecule has 1 amide bonds. The Balaban J connectivity index is 1.63. The molecule has 2 heterocycles. The van der Waals surface area contributed by atoms with Crippen LogP contribution in [0.2, 0.25) is 5.02 Å². The summed E-state index contributed by atoms with van der Waals surface area (Å²) in [5.41, 5.74) is 1.36. The lowest BCUT2D eigenvalue weighted by Crippen LogP contribution is -2.22. The molecule has 3 rings (SSSR count). The smallest absolute Gasteiger partial charge is 0.354 e. The van der Waals surface area contributed by atoms with Gasteiger partial charge in [-0.1, -0.05) is 29.8 Å². The van der Waals surface area contributed by atoms with Crippen LogP contribution in [-0.4, -0.2) is 36.5 Å². The monoisotopic (exact) mass is 359 g/mol. The van der Waals surface area contributed by atoms with Crippen LogP contribution in [0.25, 0.3) is 0 Å². The summed E-state index contributed by atoms with van der Waals surface area (Å²) in [5, 5.41) is 20.3. The van der Waals surface area contributed by atoms with Gasteiger partial charge in [-0.3, -0.25) is 9.48 Å². The number of benzene rings is 1. The average Bonchev–Trinajstić information content (AvgIpc) is 3.19. The van der Waals surface area contributed by atoms with Gasteiger partial charge in [-0.05, 0) is 17.7 Å². The SMILES string of the molecule is O=C(Cn1nccc1C(=O)O)Nc1cnn(Cc2ccccc2Cl)c1. The molecule has 2 N–H and O–H groups in total. The van der Waals surface area contributed by atoms with E-state index in [0.29, 0.717) is 17.3 Å². The molecule has 0 bridgehead atoms. The van der Waals surface area contributed by atoms with Crippen molar-refractivity contribution in [1.82, 2.24) is 19.6 Å². The molecule has 128 valence electrons. The molecule has 0 aliphatic rings. The summed E-state index contributed by atoms with van der Waals surface area (Å²) in [7, 11) is 0. The highest BCUT2D eigenvalue weighted by Crippen LogP contribution is 2.16. The summed E-state index contributed by atoms with van der Waals surface area (Å²) in [6.45, 7) is 0.266. The second-order valence-corrected chi connectivity index (χ2v) is 5.65. The predicted octanol–water partition coefficient (Wildman–Crippen LogP) is 2.12. The lowest BCUT2D eigenvalue weighted by molar-refractivity contribution is -0.116. The first-order valence-electron chi connectivity index (χ1n) is 7.34. The number of carboxylic acid groups (broad SMARTS) is 1. The van der Waals surface area contributed by atoms with Gasteiger partial charge in [0, 0.05) is 17.4 Å². The molecule has 9 heteroatoms. The predicted molar refractivity (Wildman–Crippen MR) is 90.6 cm³/mol. The Labute approximate surface area is 147 Å². The number of rotatable bonds is 6. The van der Waals surface area contributed by atoms with Crippen LogP contribution in [0, 0.1) is 0 Å². The minimum absolute atomic E-state index is 0.0513. The van der Waals surface area contributed by atoms with E-state index in [1.165, 1.54) is 18.5 Å². The number of hydrogen-bond donors (Lipinski definition) is 2. The summed E-state index contributed by atoms with van der Waals surface area (Å²) < 4.78 is 2.76. The first-order valence-corrected chi connectivity index (χ1v) is 7.71. The maximum absolute atomic E-state index is 12.1. The minimum Gasteiger partial charge on any atom is -0.477 e. The van der Waals surface area contributed by atoms with Crippen LogP contribution in [0.15, 0.2) is 48.9 Å². The Morgan fingerprint density at radius 1 is 1.20 bits per heavy atom. The zero-order valence-corrected chi connectivity index (χ0v) is 13.7. The summed E-state index contributed by atoms with van der Waals surface area (Å²) >= 11 is 6.12. The van der Waals surface area contributed by atoms with Crippen LogP contribution in [0.5, 0.6) is 0 Å². The molecule has 0 saturated heterocycles. The molecule has 0 saturated carbocycles. The first kappa shape index (κ1) is 16.7. The number of amides is 1. The van der Waals surface area contributed by atoms with Crippen LogP contribution in [0.3, 0.4) is 0 Å². The van der Waals surface area contributed by atoms with Crippen LogP contribution < -0.4 is 5.32 Å². The van der Waals surface area contributed by atoms with Gasteiger partial charge in [0.25, 0.3) is 0 Å². The highest BCUT2D eigenvalue weighted by atomic mass is 35.5.